The molecule has 0 saturated heterocycles. The predicted molar refractivity (Wildman–Crippen MR) is 76.4 cm³/mol. The van der Waals surface area contributed by atoms with Crippen LogP contribution in [0.5, 0.6) is 0 Å². The van der Waals surface area contributed by atoms with Gasteiger partial charge in [-0.05, 0) is 22.3 Å². The van der Waals surface area contributed by atoms with Gasteiger partial charge in [-0.1, -0.05) is 55.5 Å². The molecule has 3 aliphatic rings. The quantitative estimate of drug-likeness (QED) is 0.829. The van der Waals surface area contributed by atoms with Crippen molar-refractivity contribution in [3.8, 4) is 0 Å². The molecule has 0 spiro atoms. The van der Waals surface area contributed by atoms with Crippen LogP contribution in [0.4, 0.5) is 0 Å². The molecule has 0 amide bonds. The van der Waals surface area contributed by atoms with Crippen molar-refractivity contribution >= 4 is 5.97 Å². The maximum Gasteiger partial charge on any atom is 0.147 e. The highest BCUT2D eigenvalue weighted by molar-refractivity contribution is 5.81. The summed E-state index contributed by atoms with van der Waals surface area (Å²) in [6.07, 6.45) is 0.487. The first-order chi connectivity index (χ1) is 9.98. The maximum absolute atomic E-state index is 11.9. The fraction of sp³-hybridized carbons (Fsp3) is 0.278. The largest absolute Gasteiger partial charge is 0.544 e. The zero-order valence-electron chi connectivity index (χ0n) is 11.9. The fourth-order valence-corrected chi connectivity index (χ4v) is 4.52. The van der Waals surface area contributed by atoms with Crippen molar-refractivity contribution in [3.63, 3.8) is 0 Å². The Bertz CT molecular complexity index is 720. The van der Waals surface area contributed by atoms with Crippen LogP contribution in [-0.4, -0.2) is 11.5 Å². The van der Waals surface area contributed by atoms with Crippen molar-refractivity contribution in [1.82, 2.24) is 0 Å². The molecule has 0 heterocycles. The van der Waals surface area contributed by atoms with E-state index in [0.29, 0.717) is 6.42 Å². The summed E-state index contributed by atoms with van der Waals surface area (Å²) in [6.45, 7) is 2.13. The van der Waals surface area contributed by atoms with Gasteiger partial charge in [-0.3, -0.25) is 0 Å². The van der Waals surface area contributed by atoms with E-state index in [4.69, 9.17) is 0 Å². The van der Waals surface area contributed by atoms with Gasteiger partial charge in [0, 0.05) is 11.8 Å². The Hall–Kier alpha value is -2.13. The SMILES string of the molecule is CC12CC([NH3+])(C(=O)[O-])C(c3ccccc31)c1ccccc12. The molecule has 2 bridgehead atoms. The molecule has 3 heteroatoms. The van der Waals surface area contributed by atoms with Gasteiger partial charge in [0.2, 0.25) is 0 Å². The average molecular weight is 279 g/mol. The van der Waals surface area contributed by atoms with E-state index < -0.39 is 11.5 Å². The van der Waals surface area contributed by atoms with Crippen molar-refractivity contribution in [1.29, 1.82) is 0 Å². The van der Waals surface area contributed by atoms with Gasteiger partial charge >= 0.3 is 0 Å². The molecule has 5 rings (SSSR count). The lowest BCUT2D eigenvalue weighted by molar-refractivity contribution is -0.496. The van der Waals surface area contributed by atoms with Gasteiger partial charge in [0.1, 0.15) is 11.5 Å². The number of aliphatic carboxylic acids is 1. The number of carboxylic acid groups (broad SMARTS) is 1. The summed E-state index contributed by atoms with van der Waals surface area (Å²) >= 11 is 0. The number of quaternary nitrogens is 1. The summed E-state index contributed by atoms with van der Waals surface area (Å²) in [4.78, 5) is 11.9. The predicted octanol–water partition coefficient (Wildman–Crippen LogP) is 0.572. The molecule has 2 aromatic rings. The Morgan fingerprint density at radius 1 is 1.10 bits per heavy atom. The Balaban J connectivity index is 2.12. The van der Waals surface area contributed by atoms with Crippen molar-refractivity contribution in [3.05, 3.63) is 70.8 Å². The van der Waals surface area contributed by atoms with Gasteiger partial charge in [-0.25, -0.2) is 0 Å². The molecule has 0 radical (unpaired) electrons. The van der Waals surface area contributed by atoms with Crippen LogP contribution in [0.2, 0.25) is 0 Å². The molecule has 1 atom stereocenters. The van der Waals surface area contributed by atoms with E-state index in [1.807, 2.05) is 36.4 Å². The monoisotopic (exact) mass is 279 g/mol. The van der Waals surface area contributed by atoms with Crippen LogP contribution in [0.15, 0.2) is 48.5 Å². The molecule has 21 heavy (non-hydrogen) atoms. The third kappa shape index (κ3) is 1.34. The third-order valence-corrected chi connectivity index (χ3v) is 5.36. The second-order valence-electron chi connectivity index (χ2n) is 6.56. The lowest BCUT2D eigenvalue weighted by Crippen LogP contribution is -2.85. The summed E-state index contributed by atoms with van der Waals surface area (Å²) in [5.41, 5.74) is 7.31. The number of carbonyl (C=O) groups is 1. The van der Waals surface area contributed by atoms with Crippen LogP contribution >= 0.6 is 0 Å². The van der Waals surface area contributed by atoms with Crippen LogP contribution < -0.4 is 10.8 Å². The van der Waals surface area contributed by atoms with E-state index in [1.165, 1.54) is 11.1 Å². The van der Waals surface area contributed by atoms with Gasteiger partial charge in [0.15, 0.2) is 0 Å². The number of carbonyl (C=O) groups excluding carboxylic acids is 1. The molecule has 0 aliphatic heterocycles. The smallest absolute Gasteiger partial charge is 0.147 e. The van der Waals surface area contributed by atoms with Crippen molar-refractivity contribution in [2.45, 2.75) is 30.2 Å². The molecule has 0 fully saturated rings. The average Bonchev–Trinajstić information content (AvgIpc) is 2.47. The van der Waals surface area contributed by atoms with E-state index in [-0.39, 0.29) is 11.3 Å². The standard InChI is InChI=1S/C18H17NO2/c1-17-10-18(19,16(20)21)15(11-6-2-4-8-13(11)17)12-7-3-5-9-14(12)17/h2-9,15H,10,19H2,1H3,(H,20,21). The topological polar surface area (TPSA) is 67.8 Å². The molecule has 0 aromatic heterocycles. The third-order valence-electron chi connectivity index (χ3n) is 5.36. The van der Waals surface area contributed by atoms with Crippen molar-refractivity contribution < 1.29 is 15.6 Å². The number of benzene rings is 2. The molecule has 0 saturated carbocycles. The highest BCUT2D eigenvalue weighted by Crippen LogP contribution is 2.58. The van der Waals surface area contributed by atoms with Gasteiger partial charge in [0.25, 0.3) is 0 Å². The van der Waals surface area contributed by atoms with Gasteiger partial charge in [-0.15, -0.1) is 0 Å². The minimum Gasteiger partial charge on any atom is -0.544 e. The van der Waals surface area contributed by atoms with Crippen molar-refractivity contribution in [2.24, 2.45) is 0 Å². The van der Waals surface area contributed by atoms with Crippen molar-refractivity contribution in [2.75, 3.05) is 0 Å². The van der Waals surface area contributed by atoms with E-state index in [1.54, 1.807) is 0 Å². The highest BCUT2D eigenvalue weighted by Gasteiger charge is 2.59. The van der Waals surface area contributed by atoms with Gasteiger partial charge < -0.3 is 15.6 Å². The molecule has 106 valence electrons. The summed E-state index contributed by atoms with van der Waals surface area (Å²) in [5, 5.41) is 11.9. The molecule has 3 nitrogen and oxygen atoms in total. The number of hydrogen-bond donors (Lipinski definition) is 1. The van der Waals surface area contributed by atoms with E-state index >= 15 is 0 Å². The molecular weight excluding hydrogens is 262 g/mol. The number of rotatable bonds is 1. The zero-order chi connectivity index (χ0) is 14.8. The van der Waals surface area contributed by atoms with Crippen LogP contribution in [0.3, 0.4) is 0 Å². The lowest BCUT2D eigenvalue weighted by Gasteiger charge is -2.54. The molecule has 1 unspecified atom stereocenters. The Morgan fingerprint density at radius 3 is 2.05 bits per heavy atom. The minimum absolute atomic E-state index is 0.225. The van der Waals surface area contributed by atoms with Crippen LogP contribution in [0.25, 0.3) is 0 Å². The number of hydrogen-bond acceptors (Lipinski definition) is 2. The summed E-state index contributed by atoms with van der Waals surface area (Å²) < 4.78 is 0. The first-order valence-corrected chi connectivity index (χ1v) is 7.24. The Morgan fingerprint density at radius 2 is 1.57 bits per heavy atom. The number of fused-ring (bicyclic) bond motifs is 1. The summed E-state index contributed by atoms with van der Waals surface area (Å²) in [6, 6.07) is 16.3. The van der Waals surface area contributed by atoms with Crippen LogP contribution in [-0.2, 0) is 10.2 Å². The molecular formula is C18H17NO2. The van der Waals surface area contributed by atoms with Gasteiger partial charge in [0.05, 0.1) is 5.92 Å². The van der Waals surface area contributed by atoms with Crippen LogP contribution in [0.1, 0.15) is 41.5 Å². The highest BCUT2D eigenvalue weighted by atomic mass is 16.4. The van der Waals surface area contributed by atoms with Gasteiger partial charge in [-0.2, -0.15) is 0 Å². The summed E-state index contributed by atoms with van der Waals surface area (Å²) in [7, 11) is 0. The molecule has 2 aromatic carbocycles. The lowest BCUT2D eigenvalue weighted by atomic mass is 9.50. The fourth-order valence-electron chi connectivity index (χ4n) is 4.52. The number of carboxylic acids is 1. The second kappa shape index (κ2) is 3.74. The normalized spacial score (nSPS) is 32.4. The Labute approximate surface area is 123 Å². The van der Waals surface area contributed by atoms with E-state index in [9.17, 15) is 9.90 Å². The second-order valence-corrected chi connectivity index (χ2v) is 6.56. The minimum atomic E-state index is -1.10. The van der Waals surface area contributed by atoms with E-state index in [0.717, 1.165) is 11.1 Å². The first kappa shape index (κ1) is 12.6. The zero-order valence-corrected chi connectivity index (χ0v) is 11.9. The summed E-state index contributed by atoms with van der Waals surface area (Å²) in [5.74, 6) is -1.28. The van der Waals surface area contributed by atoms with E-state index in [2.05, 4.69) is 24.8 Å². The Kier molecular flexibility index (Phi) is 2.24. The maximum atomic E-state index is 11.9. The molecule has 3 aliphatic carbocycles. The van der Waals surface area contributed by atoms with Crippen LogP contribution in [0, 0.1) is 0 Å². The molecule has 3 N–H and O–H groups in total. The first-order valence-electron chi connectivity index (χ1n) is 7.24.